The lowest BCUT2D eigenvalue weighted by Gasteiger charge is -2.13. The van der Waals surface area contributed by atoms with Gasteiger partial charge in [-0.1, -0.05) is 42.5 Å². The number of nitriles is 1. The third-order valence-corrected chi connectivity index (χ3v) is 3.07. The quantitative estimate of drug-likeness (QED) is 0.781. The van der Waals surface area contributed by atoms with Crippen LogP contribution < -0.4 is 0 Å². The Morgan fingerprint density at radius 2 is 1.74 bits per heavy atom. The zero-order valence-corrected chi connectivity index (χ0v) is 10.1. The van der Waals surface area contributed by atoms with Gasteiger partial charge in [-0.15, -0.1) is 0 Å². The largest absolute Gasteiger partial charge is 0.389 e. The van der Waals surface area contributed by atoms with Crippen molar-refractivity contribution in [1.82, 2.24) is 0 Å². The van der Waals surface area contributed by atoms with Crippen LogP contribution in [0.15, 0.2) is 42.5 Å². The highest BCUT2D eigenvalue weighted by atomic mass is 19.4. The molecule has 2 rings (SSSR count). The summed E-state index contributed by atoms with van der Waals surface area (Å²) in [5, 5.41) is 10.9. The van der Waals surface area contributed by atoms with Gasteiger partial charge in [-0.3, -0.25) is 0 Å². The first-order chi connectivity index (χ1) is 9.01. The molecule has 0 aromatic heterocycles. The summed E-state index contributed by atoms with van der Waals surface area (Å²) in [4.78, 5) is 0. The van der Waals surface area contributed by atoms with Crippen molar-refractivity contribution in [3.05, 3.63) is 48.0 Å². The summed E-state index contributed by atoms with van der Waals surface area (Å²) >= 11 is 0. The molecule has 0 aliphatic carbocycles. The first-order valence-corrected chi connectivity index (χ1v) is 5.95. The smallest absolute Gasteiger partial charge is 0.198 e. The molecule has 1 atom stereocenters. The summed E-state index contributed by atoms with van der Waals surface area (Å²) in [7, 11) is 0. The second-order valence-electron chi connectivity index (χ2n) is 4.40. The number of hydrogen-bond donors (Lipinski definition) is 0. The van der Waals surface area contributed by atoms with Crippen LogP contribution in [0.1, 0.15) is 24.3 Å². The first-order valence-electron chi connectivity index (χ1n) is 5.95. The van der Waals surface area contributed by atoms with Crippen LogP contribution in [0.2, 0.25) is 0 Å². The van der Waals surface area contributed by atoms with Gasteiger partial charge < -0.3 is 0 Å². The van der Waals surface area contributed by atoms with E-state index in [4.69, 9.17) is 5.26 Å². The molecule has 0 unspecified atom stereocenters. The van der Waals surface area contributed by atoms with Crippen LogP contribution in [0.3, 0.4) is 0 Å². The van der Waals surface area contributed by atoms with E-state index >= 15 is 0 Å². The zero-order valence-electron chi connectivity index (χ0n) is 10.1. The van der Waals surface area contributed by atoms with Crippen molar-refractivity contribution >= 4 is 10.8 Å². The molecule has 0 fully saturated rings. The highest BCUT2D eigenvalue weighted by Gasteiger charge is 2.29. The molecule has 0 aliphatic heterocycles. The van der Waals surface area contributed by atoms with E-state index in [1.165, 1.54) is 0 Å². The normalized spacial score (nSPS) is 13.2. The van der Waals surface area contributed by atoms with E-state index in [0.29, 0.717) is 5.56 Å². The molecule has 0 saturated carbocycles. The maximum absolute atomic E-state index is 12.3. The monoisotopic (exact) mass is 263 g/mol. The van der Waals surface area contributed by atoms with Gasteiger partial charge in [0.1, 0.15) is 0 Å². The Morgan fingerprint density at radius 1 is 1.05 bits per heavy atom. The number of rotatable bonds is 3. The predicted molar refractivity (Wildman–Crippen MR) is 67.6 cm³/mol. The standard InChI is InChI=1S/C15H12F3N/c16-15(17,18)9-8-12(10-19)14-7-3-5-11-4-1-2-6-13(11)14/h1-7,12H,8-9H2/t12-/m1/s1. The minimum atomic E-state index is -4.22. The van der Waals surface area contributed by atoms with E-state index in [0.717, 1.165) is 10.8 Å². The molecule has 98 valence electrons. The van der Waals surface area contributed by atoms with E-state index in [1.807, 2.05) is 36.4 Å². The Bertz CT molecular complexity index is 605. The van der Waals surface area contributed by atoms with Crippen molar-refractivity contribution < 1.29 is 13.2 Å². The number of nitrogens with zero attached hydrogens (tertiary/aromatic N) is 1. The predicted octanol–water partition coefficient (Wildman–Crippen LogP) is 4.79. The van der Waals surface area contributed by atoms with Crippen LogP contribution in [-0.2, 0) is 0 Å². The van der Waals surface area contributed by atoms with Gasteiger partial charge in [0.05, 0.1) is 12.0 Å². The second-order valence-corrected chi connectivity index (χ2v) is 4.40. The van der Waals surface area contributed by atoms with Crippen molar-refractivity contribution in [3.63, 3.8) is 0 Å². The maximum atomic E-state index is 12.3. The van der Waals surface area contributed by atoms with Gasteiger partial charge in [-0.2, -0.15) is 18.4 Å². The molecule has 0 saturated heterocycles. The van der Waals surface area contributed by atoms with E-state index in [1.54, 1.807) is 12.1 Å². The summed E-state index contributed by atoms with van der Waals surface area (Å²) in [6.45, 7) is 0. The van der Waals surface area contributed by atoms with Gasteiger partial charge in [0.2, 0.25) is 0 Å². The molecule has 0 spiro atoms. The van der Waals surface area contributed by atoms with Gasteiger partial charge in [-0.25, -0.2) is 0 Å². The fourth-order valence-corrected chi connectivity index (χ4v) is 2.15. The summed E-state index contributed by atoms with van der Waals surface area (Å²) in [6.07, 6.45) is -5.36. The van der Waals surface area contributed by atoms with E-state index < -0.39 is 18.5 Å². The van der Waals surface area contributed by atoms with Crippen molar-refractivity contribution in [2.75, 3.05) is 0 Å². The van der Waals surface area contributed by atoms with Crippen LogP contribution in [0.4, 0.5) is 13.2 Å². The number of alkyl halides is 3. The van der Waals surface area contributed by atoms with E-state index in [2.05, 4.69) is 0 Å². The Hall–Kier alpha value is -2.02. The fraction of sp³-hybridized carbons (Fsp3) is 0.267. The fourth-order valence-electron chi connectivity index (χ4n) is 2.15. The van der Waals surface area contributed by atoms with Crippen molar-refractivity contribution in [1.29, 1.82) is 5.26 Å². The lowest BCUT2D eigenvalue weighted by molar-refractivity contribution is -0.135. The molecule has 0 radical (unpaired) electrons. The summed E-state index contributed by atoms with van der Waals surface area (Å²) in [5.74, 6) is -0.729. The summed E-state index contributed by atoms with van der Waals surface area (Å²) < 4.78 is 36.8. The Balaban J connectivity index is 2.34. The Morgan fingerprint density at radius 3 is 2.42 bits per heavy atom. The van der Waals surface area contributed by atoms with Gasteiger partial charge in [-0.05, 0) is 22.8 Å². The molecule has 19 heavy (non-hydrogen) atoms. The molecule has 0 amide bonds. The minimum absolute atomic E-state index is 0.200. The Kier molecular flexibility index (Phi) is 3.75. The van der Waals surface area contributed by atoms with Crippen LogP contribution in [0, 0.1) is 11.3 Å². The summed E-state index contributed by atoms with van der Waals surface area (Å²) in [5.41, 5.74) is 0.671. The van der Waals surface area contributed by atoms with Crippen LogP contribution in [-0.4, -0.2) is 6.18 Å². The molecule has 4 heteroatoms. The lowest BCUT2D eigenvalue weighted by Crippen LogP contribution is -2.09. The number of hydrogen-bond acceptors (Lipinski definition) is 1. The molecular formula is C15H12F3N. The van der Waals surface area contributed by atoms with Crippen molar-refractivity contribution in [3.8, 4) is 6.07 Å². The first kappa shape index (κ1) is 13.4. The van der Waals surface area contributed by atoms with Crippen LogP contribution >= 0.6 is 0 Å². The molecule has 0 bridgehead atoms. The van der Waals surface area contributed by atoms with Gasteiger partial charge >= 0.3 is 6.18 Å². The topological polar surface area (TPSA) is 23.8 Å². The molecule has 0 heterocycles. The number of halogens is 3. The Labute approximate surface area is 109 Å². The lowest BCUT2D eigenvalue weighted by atomic mass is 9.91. The molecule has 0 aliphatic rings. The third kappa shape index (κ3) is 3.25. The number of fused-ring (bicyclic) bond motifs is 1. The van der Waals surface area contributed by atoms with Crippen LogP contribution in [0.5, 0.6) is 0 Å². The van der Waals surface area contributed by atoms with Gasteiger partial charge in [0.25, 0.3) is 0 Å². The van der Waals surface area contributed by atoms with Crippen LogP contribution in [0.25, 0.3) is 10.8 Å². The SMILES string of the molecule is N#C[C@@H](CCC(F)(F)F)c1cccc2ccccc12. The van der Waals surface area contributed by atoms with Crippen molar-refractivity contribution in [2.24, 2.45) is 0 Å². The number of benzene rings is 2. The zero-order chi connectivity index (χ0) is 13.9. The third-order valence-electron chi connectivity index (χ3n) is 3.07. The van der Waals surface area contributed by atoms with Gasteiger partial charge in [0, 0.05) is 6.42 Å². The van der Waals surface area contributed by atoms with Gasteiger partial charge in [0.15, 0.2) is 0 Å². The maximum Gasteiger partial charge on any atom is 0.389 e. The molecule has 0 N–H and O–H groups in total. The minimum Gasteiger partial charge on any atom is -0.198 e. The molecule has 2 aromatic rings. The molecular weight excluding hydrogens is 251 g/mol. The average molecular weight is 263 g/mol. The van der Waals surface area contributed by atoms with Crippen molar-refractivity contribution in [2.45, 2.75) is 24.9 Å². The second kappa shape index (κ2) is 5.31. The molecule has 1 nitrogen and oxygen atoms in total. The highest BCUT2D eigenvalue weighted by Crippen LogP contribution is 2.32. The van der Waals surface area contributed by atoms with E-state index in [9.17, 15) is 13.2 Å². The summed E-state index contributed by atoms with van der Waals surface area (Å²) in [6, 6.07) is 14.8. The molecule has 2 aromatic carbocycles. The van der Waals surface area contributed by atoms with E-state index in [-0.39, 0.29) is 6.42 Å². The average Bonchev–Trinajstić information content (AvgIpc) is 2.38. The highest BCUT2D eigenvalue weighted by molar-refractivity contribution is 5.86.